The molecule has 5 aromatic rings. The first-order chi connectivity index (χ1) is 23.5. The van der Waals surface area contributed by atoms with Crippen molar-refractivity contribution in [1.82, 2.24) is 29.4 Å². The fourth-order valence-electron chi connectivity index (χ4n) is 6.48. The molecule has 3 N–H and O–H groups in total. The maximum Gasteiger partial charge on any atom is 0.324 e. The fourth-order valence-corrected chi connectivity index (χ4v) is 6.66. The largest absolute Gasteiger partial charge is 0.507 e. The lowest BCUT2D eigenvalue weighted by atomic mass is 9.92. The Morgan fingerprint density at radius 1 is 0.980 bits per heavy atom. The number of rotatable bonds is 8. The van der Waals surface area contributed by atoms with Crippen molar-refractivity contribution in [3.05, 3.63) is 93.9 Å². The Morgan fingerprint density at radius 2 is 1.78 bits per heavy atom. The lowest BCUT2D eigenvalue weighted by Gasteiger charge is -2.27. The summed E-state index contributed by atoms with van der Waals surface area (Å²) in [5.74, 6) is 3.06. The number of aromatic hydroxyl groups is 1. The number of fused-ring (bicyclic) bond motifs is 2. The van der Waals surface area contributed by atoms with E-state index in [1.807, 2.05) is 54.0 Å². The number of ether oxygens (including phenoxy) is 1. The number of nitrogens with one attached hydrogen (secondary N) is 2. The number of hydrogen-bond acceptors (Lipinski definition) is 7. The van der Waals surface area contributed by atoms with E-state index < -0.39 is 0 Å². The summed E-state index contributed by atoms with van der Waals surface area (Å²) in [5.41, 5.74) is 6.40. The summed E-state index contributed by atoms with van der Waals surface area (Å²) in [6, 6.07) is 18.6. The molecule has 0 unspecified atom stereocenters. The lowest BCUT2D eigenvalue weighted by molar-refractivity contribution is 0.174. The Bertz CT molecular complexity index is 2010. The summed E-state index contributed by atoms with van der Waals surface area (Å²) >= 11 is 6.17. The Morgan fingerprint density at radius 3 is 2.57 bits per heavy atom. The van der Waals surface area contributed by atoms with Gasteiger partial charge in [-0.05, 0) is 79.8 Å². The molecule has 3 aromatic carbocycles. The third kappa shape index (κ3) is 6.86. The van der Waals surface area contributed by atoms with Gasteiger partial charge >= 0.3 is 6.03 Å². The van der Waals surface area contributed by atoms with Crippen LogP contribution in [-0.2, 0) is 31.3 Å². The van der Waals surface area contributed by atoms with Crippen molar-refractivity contribution in [2.75, 3.05) is 30.3 Å². The van der Waals surface area contributed by atoms with Crippen molar-refractivity contribution < 1.29 is 14.6 Å². The van der Waals surface area contributed by atoms with E-state index in [0.29, 0.717) is 41.9 Å². The Kier molecular flexibility index (Phi) is 8.81. The van der Waals surface area contributed by atoms with Crippen LogP contribution in [0.4, 0.5) is 16.3 Å². The molecule has 254 valence electrons. The van der Waals surface area contributed by atoms with Crippen LogP contribution in [0.25, 0.3) is 17.1 Å². The lowest BCUT2D eigenvalue weighted by Crippen LogP contribution is -2.36. The molecule has 0 bridgehead atoms. The van der Waals surface area contributed by atoms with Crippen molar-refractivity contribution in [3.8, 4) is 28.6 Å². The van der Waals surface area contributed by atoms with Gasteiger partial charge in [-0.3, -0.25) is 10.2 Å². The molecule has 0 spiro atoms. The topological polar surface area (TPSA) is 122 Å². The molecule has 2 aliphatic rings. The SMILES string of the molecule is Cc1ccc(-n2nc(C(C)(C)C)cc2NC(=O)Nc2ccc(OCCN3CCn4c(nnc4-c4cc(Cl)ccc4O)C3)c3c2CCC3)cc1. The van der Waals surface area contributed by atoms with E-state index in [0.717, 1.165) is 77.7 Å². The molecule has 1 aliphatic carbocycles. The van der Waals surface area contributed by atoms with Crippen LogP contribution in [0.5, 0.6) is 11.5 Å². The molecule has 11 nitrogen and oxygen atoms in total. The van der Waals surface area contributed by atoms with E-state index in [2.05, 4.69) is 46.5 Å². The van der Waals surface area contributed by atoms with E-state index in [1.54, 1.807) is 22.9 Å². The van der Waals surface area contributed by atoms with Gasteiger partial charge in [-0.2, -0.15) is 5.10 Å². The number of carbonyl (C=O) groups is 1. The number of anilines is 2. The first-order valence-corrected chi connectivity index (χ1v) is 17.1. The predicted molar refractivity (Wildman–Crippen MR) is 191 cm³/mol. The second kappa shape index (κ2) is 13.2. The molecule has 2 aromatic heterocycles. The Labute approximate surface area is 290 Å². The molecule has 0 radical (unpaired) electrons. The van der Waals surface area contributed by atoms with Gasteiger partial charge in [-0.25, -0.2) is 9.48 Å². The van der Waals surface area contributed by atoms with Crippen molar-refractivity contribution in [3.63, 3.8) is 0 Å². The first kappa shape index (κ1) is 32.7. The minimum absolute atomic E-state index is 0.130. The van der Waals surface area contributed by atoms with E-state index in [-0.39, 0.29) is 17.2 Å². The summed E-state index contributed by atoms with van der Waals surface area (Å²) in [5, 5.41) is 30.6. The maximum absolute atomic E-state index is 13.4. The number of aromatic nitrogens is 5. The number of hydrogen-bond donors (Lipinski definition) is 3. The van der Waals surface area contributed by atoms with E-state index in [4.69, 9.17) is 21.4 Å². The van der Waals surface area contributed by atoms with Gasteiger partial charge in [0, 0.05) is 41.8 Å². The summed E-state index contributed by atoms with van der Waals surface area (Å²) in [7, 11) is 0. The molecular formula is C37H41ClN8O3. The summed E-state index contributed by atoms with van der Waals surface area (Å²) < 4.78 is 10.2. The molecule has 0 fully saturated rings. The Hall–Kier alpha value is -4.87. The number of halogens is 1. The summed E-state index contributed by atoms with van der Waals surface area (Å²) in [4.78, 5) is 15.7. The van der Waals surface area contributed by atoms with Crippen LogP contribution in [0.1, 0.15) is 55.4 Å². The van der Waals surface area contributed by atoms with Gasteiger partial charge in [0.25, 0.3) is 0 Å². The molecule has 1 aliphatic heterocycles. The molecular weight excluding hydrogens is 640 g/mol. The van der Waals surface area contributed by atoms with Gasteiger partial charge in [0.1, 0.15) is 29.7 Å². The quantitative estimate of drug-likeness (QED) is 0.159. The van der Waals surface area contributed by atoms with Crippen LogP contribution in [0.3, 0.4) is 0 Å². The molecule has 49 heavy (non-hydrogen) atoms. The van der Waals surface area contributed by atoms with Crippen molar-refractivity contribution in [2.24, 2.45) is 0 Å². The standard InChI is InChI=1S/C37H41ClN8O3/c1-23-8-11-25(12-9-23)46-33(21-32(43-46)37(2,3)4)40-36(48)39-29-13-15-31(27-7-5-6-26(27)29)49-19-18-44-16-17-45-34(22-44)41-42-35(45)28-20-24(38)10-14-30(28)47/h8-15,20-21,47H,5-7,16-19,22H2,1-4H3,(H2,39,40,48). The molecule has 0 atom stereocenters. The van der Waals surface area contributed by atoms with Gasteiger partial charge in [-0.1, -0.05) is 50.1 Å². The summed E-state index contributed by atoms with van der Waals surface area (Å²) in [6.45, 7) is 11.8. The average Bonchev–Trinajstić information content (AvgIpc) is 3.83. The minimum atomic E-state index is -0.317. The highest BCUT2D eigenvalue weighted by atomic mass is 35.5. The highest BCUT2D eigenvalue weighted by molar-refractivity contribution is 6.30. The number of phenolic OH excluding ortho intramolecular Hbond substituents is 1. The second-order valence-electron chi connectivity index (χ2n) is 13.8. The normalized spacial score (nSPS) is 14.4. The van der Waals surface area contributed by atoms with E-state index in [9.17, 15) is 9.90 Å². The Balaban J connectivity index is 0.991. The zero-order valence-electron chi connectivity index (χ0n) is 28.3. The number of benzene rings is 3. The molecule has 2 amide bonds. The van der Waals surface area contributed by atoms with Crippen LogP contribution in [-0.4, -0.2) is 60.3 Å². The number of urea groups is 1. The van der Waals surface area contributed by atoms with Crippen molar-refractivity contribution in [1.29, 1.82) is 0 Å². The van der Waals surface area contributed by atoms with Crippen molar-refractivity contribution in [2.45, 2.75) is 65.5 Å². The summed E-state index contributed by atoms with van der Waals surface area (Å²) in [6.07, 6.45) is 2.79. The molecule has 7 rings (SSSR count). The van der Waals surface area contributed by atoms with Crippen LogP contribution >= 0.6 is 11.6 Å². The third-order valence-corrected chi connectivity index (χ3v) is 9.42. The zero-order valence-corrected chi connectivity index (χ0v) is 29.0. The third-order valence-electron chi connectivity index (χ3n) is 9.18. The molecule has 12 heteroatoms. The average molecular weight is 681 g/mol. The van der Waals surface area contributed by atoms with Gasteiger partial charge in [0.15, 0.2) is 5.82 Å². The van der Waals surface area contributed by atoms with E-state index >= 15 is 0 Å². The van der Waals surface area contributed by atoms with Crippen LogP contribution in [0.2, 0.25) is 5.02 Å². The number of carbonyl (C=O) groups excluding carboxylic acids is 1. The molecule has 0 saturated carbocycles. The predicted octanol–water partition coefficient (Wildman–Crippen LogP) is 7.12. The van der Waals surface area contributed by atoms with E-state index in [1.165, 1.54) is 0 Å². The van der Waals surface area contributed by atoms with Gasteiger partial charge < -0.3 is 19.7 Å². The molecule has 3 heterocycles. The van der Waals surface area contributed by atoms with Crippen LogP contribution in [0.15, 0.2) is 60.7 Å². The van der Waals surface area contributed by atoms with Crippen LogP contribution < -0.4 is 15.4 Å². The smallest absolute Gasteiger partial charge is 0.324 e. The number of phenols is 1. The monoisotopic (exact) mass is 680 g/mol. The number of nitrogens with zero attached hydrogens (tertiary/aromatic N) is 6. The molecule has 0 saturated heterocycles. The highest BCUT2D eigenvalue weighted by Gasteiger charge is 2.26. The number of amides is 2. The van der Waals surface area contributed by atoms with Gasteiger partial charge in [0.2, 0.25) is 0 Å². The maximum atomic E-state index is 13.4. The number of aryl methyl sites for hydroxylation is 1. The second-order valence-corrected chi connectivity index (χ2v) is 14.2. The highest BCUT2D eigenvalue weighted by Crippen LogP contribution is 2.37. The first-order valence-electron chi connectivity index (χ1n) is 16.7. The van der Waals surface area contributed by atoms with Gasteiger partial charge in [0.05, 0.1) is 23.5 Å². The fraction of sp³-hybridized carbons (Fsp3) is 0.351. The zero-order chi connectivity index (χ0) is 34.3. The minimum Gasteiger partial charge on any atom is -0.507 e. The van der Waals surface area contributed by atoms with Gasteiger partial charge in [-0.15, -0.1) is 10.2 Å². The van der Waals surface area contributed by atoms with Crippen molar-refractivity contribution >= 4 is 29.1 Å². The van der Waals surface area contributed by atoms with Crippen LogP contribution in [0, 0.1) is 6.92 Å².